The molecule has 0 aliphatic rings. The first-order chi connectivity index (χ1) is 5.16. The maximum absolute atomic E-state index is 12.9. The molecular weight excluding hydrogens is 149 g/mol. The first-order valence-electron chi connectivity index (χ1n) is 3.06. The molecule has 1 heterocycles. The van der Waals surface area contributed by atoms with Gasteiger partial charge < -0.3 is 9.30 Å². The van der Waals surface area contributed by atoms with Crippen LogP contribution in [-0.2, 0) is 7.05 Å². The number of hydrogen-bond acceptors (Lipinski definition) is 2. The highest BCUT2D eigenvalue weighted by Gasteiger charge is 2.07. The molecule has 0 N–H and O–H groups in total. The van der Waals surface area contributed by atoms with Crippen molar-refractivity contribution < 1.29 is 9.13 Å². The van der Waals surface area contributed by atoms with Gasteiger partial charge in [-0.05, 0) is 0 Å². The van der Waals surface area contributed by atoms with Crippen molar-refractivity contribution in [3.63, 3.8) is 0 Å². The zero-order valence-electron chi connectivity index (χ0n) is 6.30. The van der Waals surface area contributed by atoms with Crippen LogP contribution < -0.4 is 10.2 Å². The first-order valence-corrected chi connectivity index (χ1v) is 3.06. The molecule has 0 aliphatic carbocycles. The Morgan fingerprint density at radius 3 is 2.73 bits per heavy atom. The van der Waals surface area contributed by atoms with Crippen LogP contribution in [0.4, 0.5) is 4.39 Å². The number of pyridine rings is 1. The van der Waals surface area contributed by atoms with Crippen molar-refractivity contribution in [1.82, 2.24) is 4.57 Å². The molecule has 11 heavy (non-hydrogen) atoms. The number of aromatic nitrogens is 1. The molecule has 1 rings (SSSR count). The number of nitrogens with zero attached hydrogens (tertiary/aromatic N) is 1. The molecule has 1 aromatic rings. The quantitative estimate of drug-likeness (QED) is 0.557. The molecule has 60 valence electrons. The molecule has 0 aliphatic heterocycles. The van der Waals surface area contributed by atoms with Gasteiger partial charge in [-0.3, -0.25) is 4.79 Å². The summed E-state index contributed by atoms with van der Waals surface area (Å²) < 4.78 is 18.6. The van der Waals surface area contributed by atoms with E-state index >= 15 is 0 Å². The fraction of sp³-hybridized carbons (Fsp3) is 0.286. The van der Waals surface area contributed by atoms with Gasteiger partial charge in [0.15, 0.2) is 0 Å². The number of ether oxygens (including phenoxy) is 1. The third-order valence-corrected chi connectivity index (χ3v) is 1.37. The van der Waals surface area contributed by atoms with Crippen molar-refractivity contribution in [2.24, 2.45) is 7.05 Å². The van der Waals surface area contributed by atoms with Gasteiger partial charge in [-0.15, -0.1) is 0 Å². The van der Waals surface area contributed by atoms with E-state index < -0.39 is 11.4 Å². The average Bonchev–Trinajstić information content (AvgIpc) is 1.99. The van der Waals surface area contributed by atoms with Gasteiger partial charge in [0, 0.05) is 19.3 Å². The monoisotopic (exact) mass is 157 g/mol. The van der Waals surface area contributed by atoms with Crippen LogP contribution >= 0.6 is 0 Å². The molecule has 4 heteroatoms. The van der Waals surface area contributed by atoms with Crippen LogP contribution in [0.2, 0.25) is 0 Å². The standard InChI is InChI=1S/C7H8FNO2/c1-9-4-3-5(10)6(11-2)7(9)8/h3-4H,1-2H3. The van der Waals surface area contributed by atoms with Crippen LogP contribution in [-0.4, -0.2) is 11.7 Å². The molecule has 0 unspecified atom stereocenters. The van der Waals surface area contributed by atoms with Crippen LogP contribution in [0.1, 0.15) is 0 Å². The van der Waals surface area contributed by atoms with E-state index in [1.165, 1.54) is 31.0 Å². The molecule has 0 saturated carbocycles. The summed E-state index contributed by atoms with van der Waals surface area (Å²) >= 11 is 0. The third-order valence-electron chi connectivity index (χ3n) is 1.37. The Kier molecular flexibility index (Phi) is 1.94. The number of rotatable bonds is 1. The topological polar surface area (TPSA) is 31.2 Å². The van der Waals surface area contributed by atoms with E-state index in [0.717, 1.165) is 0 Å². The molecule has 0 radical (unpaired) electrons. The minimum absolute atomic E-state index is 0.241. The van der Waals surface area contributed by atoms with E-state index in [-0.39, 0.29) is 5.75 Å². The van der Waals surface area contributed by atoms with Gasteiger partial charge in [0.2, 0.25) is 17.1 Å². The van der Waals surface area contributed by atoms with E-state index in [4.69, 9.17) is 0 Å². The number of halogens is 1. The molecule has 3 nitrogen and oxygen atoms in total. The first kappa shape index (κ1) is 7.78. The van der Waals surface area contributed by atoms with Crippen LogP contribution in [0, 0.1) is 5.95 Å². The van der Waals surface area contributed by atoms with Gasteiger partial charge in [-0.1, -0.05) is 0 Å². The lowest BCUT2D eigenvalue weighted by molar-refractivity contribution is 0.362. The Hall–Kier alpha value is -1.32. The normalized spacial score (nSPS) is 9.73. The van der Waals surface area contributed by atoms with Crippen molar-refractivity contribution in [3.8, 4) is 5.75 Å². The predicted octanol–water partition coefficient (Wildman–Crippen LogP) is 0.533. The average molecular weight is 157 g/mol. The van der Waals surface area contributed by atoms with Crippen LogP contribution in [0.3, 0.4) is 0 Å². The summed E-state index contributed by atoms with van der Waals surface area (Å²) in [5.41, 5.74) is -0.442. The summed E-state index contributed by atoms with van der Waals surface area (Å²) in [7, 11) is 2.76. The second kappa shape index (κ2) is 2.74. The lowest BCUT2D eigenvalue weighted by Gasteiger charge is -2.03. The van der Waals surface area contributed by atoms with Crippen molar-refractivity contribution in [2.45, 2.75) is 0 Å². The summed E-state index contributed by atoms with van der Waals surface area (Å²) in [5, 5.41) is 0. The Labute approximate surface area is 63.0 Å². The van der Waals surface area contributed by atoms with Gasteiger partial charge in [-0.2, -0.15) is 4.39 Å². The summed E-state index contributed by atoms with van der Waals surface area (Å²) in [5.74, 6) is -0.894. The molecule has 0 aromatic carbocycles. The summed E-state index contributed by atoms with van der Waals surface area (Å²) in [6.07, 6.45) is 1.35. The molecule has 0 fully saturated rings. The second-order valence-electron chi connectivity index (χ2n) is 2.11. The lowest BCUT2D eigenvalue weighted by Crippen LogP contribution is -2.11. The van der Waals surface area contributed by atoms with Gasteiger partial charge in [-0.25, -0.2) is 0 Å². The summed E-state index contributed by atoms with van der Waals surface area (Å²) in [6, 6.07) is 1.25. The third kappa shape index (κ3) is 1.24. The fourth-order valence-electron chi connectivity index (χ4n) is 0.767. The van der Waals surface area contributed by atoms with Crippen LogP contribution in [0.15, 0.2) is 17.1 Å². The van der Waals surface area contributed by atoms with E-state index in [1.54, 1.807) is 0 Å². The van der Waals surface area contributed by atoms with Gasteiger partial charge in [0.25, 0.3) is 0 Å². The summed E-state index contributed by atoms with van der Waals surface area (Å²) in [6.45, 7) is 0. The zero-order valence-corrected chi connectivity index (χ0v) is 6.30. The Morgan fingerprint density at radius 1 is 1.64 bits per heavy atom. The highest BCUT2D eigenvalue weighted by Crippen LogP contribution is 2.07. The van der Waals surface area contributed by atoms with Gasteiger partial charge in [0.05, 0.1) is 7.11 Å². The van der Waals surface area contributed by atoms with Crippen LogP contribution in [0.25, 0.3) is 0 Å². The van der Waals surface area contributed by atoms with Gasteiger partial charge >= 0.3 is 0 Å². The van der Waals surface area contributed by atoms with E-state index in [1.807, 2.05) is 0 Å². The zero-order chi connectivity index (χ0) is 8.43. The minimum atomic E-state index is -0.653. The van der Waals surface area contributed by atoms with E-state index in [9.17, 15) is 9.18 Å². The fourth-order valence-corrected chi connectivity index (χ4v) is 0.767. The smallest absolute Gasteiger partial charge is 0.239 e. The largest absolute Gasteiger partial charge is 0.489 e. The molecule has 0 spiro atoms. The Bertz CT molecular complexity index is 319. The van der Waals surface area contributed by atoms with E-state index in [2.05, 4.69) is 4.74 Å². The number of aryl methyl sites for hydroxylation is 1. The van der Waals surface area contributed by atoms with Gasteiger partial charge in [0.1, 0.15) is 0 Å². The summed E-state index contributed by atoms with van der Waals surface area (Å²) in [4.78, 5) is 10.8. The van der Waals surface area contributed by atoms with Crippen molar-refractivity contribution in [3.05, 3.63) is 28.4 Å². The second-order valence-corrected chi connectivity index (χ2v) is 2.11. The van der Waals surface area contributed by atoms with Crippen molar-refractivity contribution in [1.29, 1.82) is 0 Å². The highest BCUT2D eigenvalue weighted by molar-refractivity contribution is 5.18. The maximum Gasteiger partial charge on any atom is 0.239 e. The molecule has 0 bridgehead atoms. The van der Waals surface area contributed by atoms with Crippen molar-refractivity contribution >= 4 is 0 Å². The molecule has 1 aromatic heterocycles. The van der Waals surface area contributed by atoms with Crippen molar-refractivity contribution in [2.75, 3.05) is 7.11 Å². The highest BCUT2D eigenvalue weighted by atomic mass is 19.1. The van der Waals surface area contributed by atoms with Crippen LogP contribution in [0.5, 0.6) is 5.75 Å². The lowest BCUT2D eigenvalue weighted by atomic mass is 10.4. The SMILES string of the molecule is COc1c(F)n(C)ccc1=O. The molecule has 0 amide bonds. The molecular formula is C7H8FNO2. The number of methoxy groups -OCH3 is 1. The molecule has 0 saturated heterocycles. The Morgan fingerprint density at radius 2 is 2.27 bits per heavy atom. The molecule has 0 atom stereocenters. The van der Waals surface area contributed by atoms with E-state index in [0.29, 0.717) is 0 Å². The number of hydrogen-bond donors (Lipinski definition) is 0. The maximum atomic E-state index is 12.9. The minimum Gasteiger partial charge on any atom is -0.489 e. The predicted molar refractivity (Wildman–Crippen MR) is 38.2 cm³/mol. The Balaban J connectivity index is 3.41.